The molecule has 2 aromatic heterocycles. The Morgan fingerprint density at radius 1 is 1.17 bits per heavy atom. The molecule has 0 aliphatic carbocycles. The molecule has 0 atom stereocenters. The van der Waals surface area contributed by atoms with E-state index in [0.29, 0.717) is 23.0 Å². The van der Waals surface area contributed by atoms with Gasteiger partial charge in [-0.25, -0.2) is 4.79 Å². The zero-order chi connectivity index (χ0) is 16.1. The van der Waals surface area contributed by atoms with Gasteiger partial charge in [-0.05, 0) is 30.3 Å². The lowest BCUT2D eigenvalue weighted by Gasteiger charge is -2.10. The quantitative estimate of drug-likeness (QED) is 0.750. The number of benzene rings is 1. The molecule has 2 N–H and O–H groups in total. The number of para-hydroxylation sites is 2. The van der Waals surface area contributed by atoms with Gasteiger partial charge in [0.2, 0.25) is 0 Å². The molecule has 118 valence electrons. The molecule has 0 radical (unpaired) electrons. The second-order valence-electron chi connectivity index (χ2n) is 4.79. The summed E-state index contributed by atoms with van der Waals surface area (Å²) in [5, 5.41) is 5.47. The van der Waals surface area contributed by atoms with E-state index >= 15 is 0 Å². The normalized spacial score (nSPS) is 10.3. The smallest absolute Gasteiger partial charge is 0.319 e. The van der Waals surface area contributed by atoms with Crippen LogP contribution in [0.3, 0.4) is 0 Å². The first-order chi connectivity index (χ1) is 11.3. The van der Waals surface area contributed by atoms with Gasteiger partial charge in [-0.3, -0.25) is 0 Å². The lowest BCUT2D eigenvalue weighted by Crippen LogP contribution is -2.28. The molecular formula is C17H16N2O4. The molecule has 3 rings (SSSR count). The Hall–Kier alpha value is -3.15. The topological polar surface area (TPSA) is 76.6 Å². The summed E-state index contributed by atoms with van der Waals surface area (Å²) in [6.07, 6.45) is 3.18. The maximum absolute atomic E-state index is 12.0. The molecule has 0 aliphatic heterocycles. The first-order valence-corrected chi connectivity index (χ1v) is 7.05. The standard InChI is InChI=1S/C17H16N2O4/c1-21-16-5-3-2-4-14(16)19-17(20)18-10-13-6-7-15(23-13)12-8-9-22-11-12/h2-9,11H,10H2,1H3,(H2,18,19,20). The number of anilines is 1. The molecule has 0 fully saturated rings. The maximum Gasteiger partial charge on any atom is 0.319 e. The van der Waals surface area contributed by atoms with Crippen LogP contribution in [0.2, 0.25) is 0 Å². The Balaban J connectivity index is 1.57. The summed E-state index contributed by atoms with van der Waals surface area (Å²) >= 11 is 0. The fourth-order valence-electron chi connectivity index (χ4n) is 2.11. The van der Waals surface area contributed by atoms with Crippen molar-refractivity contribution in [3.05, 3.63) is 60.8 Å². The minimum atomic E-state index is -0.337. The number of rotatable bonds is 5. The number of carbonyl (C=O) groups is 1. The molecule has 0 bridgehead atoms. The van der Waals surface area contributed by atoms with Crippen molar-refractivity contribution < 1.29 is 18.4 Å². The molecule has 0 saturated carbocycles. The van der Waals surface area contributed by atoms with Gasteiger partial charge in [-0.15, -0.1) is 0 Å². The maximum atomic E-state index is 12.0. The molecule has 0 aliphatic rings. The number of methoxy groups -OCH3 is 1. The van der Waals surface area contributed by atoms with Crippen molar-refractivity contribution in [2.75, 3.05) is 12.4 Å². The Morgan fingerprint density at radius 3 is 2.83 bits per heavy atom. The van der Waals surface area contributed by atoms with Crippen molar-refractivity contribution in [1.82, 2.24) is 5.32 Å². The molecule has 1 aromatic carbocycles. The van der Waals surface area contributed by atoms with Gasteiger partial charge >= 0.3 is 6.03 Å². The Labute approximate surface area is 133 Å². The fourth-order valence-corrected chi connectivity index (χ4v) is 2.11. The molecule has 2 amide bonds. The molecule has 0 saturated heterocycles. The number of urea groups is 1. The highest BCUT2D eigenvalue weighted by molar-refractivity contribution is 5.90. The van der Waals surface area contributed by atoms with E-state index in [0.717, 1.165) is 5.56 Å². The van der Waals surface area contributed by atoms with Gasteiger partial charge in [0, 0.05) is 0 Å². The average molecular weight is 312 g/mol. The van der Waals surface area contributed by atoms with Gasteiger partial charge in [0.15, 0.2) is 0 Å². The SMILES string of the molecule is COc1ccccc1NC(=O)NCc1ccc(-c2ccoc2)o1. The zero-order valence-corrected chi connectivity index (χ0v) is 12.5. The Morgan fingerprint density at radius 2 is 2.04 bits per heavy atom. The lowest BCUT2D eigenvalue weighted by atomic mass is 10.3. The summed E-state index contributed by atoms with van der Waals surface area (Å²) in [6, 6.07) is 12.3. The molecule has 2 heterocycles. The number of hydrogen-bond donors (Lipinski definition) is 2. The van der Waals surface area contributed by atoms with Crippen molar-refractivity contribution >= 4 is 11.7 Å². The van der Waals surface area contributed by atoms with Crippen LogP contribution in [0.1, 0.15) is 5.76 Å². The second kappa shape index (κ2) is 6.74. The average Bonchev–Trinajstić information content (AvgIpc) is 3.24. The van der Waals surface area contributed by atoms with Crippen LogP contribution in [-0.4, -0.2) is 13.1 Å². The van der Waals surface area contributed by atoms with Crippen molar-refractivity contribution in [2.45, 2.75) is 6.54 Å². The van der Waals surface area contributed by atoms with Crippen molar-refractivity contribution in [1.29, 1.82) is 0 Å². The van der Waals surface area contributed by atoms with Gasteiger partial charge in [0.25, 0.3) is 0 Å². The van der Waals surface area contributed by atoms with Crippen molar-refractivity contribution in [3.63, 3.8) is 0 Å². The minimum absolute atomic E-state index is 0.277. The molecule has 6 nitrogen and oxygen atoms in total. The number of ether oxygens (including phenoxy) is 1. The van der Waals surface area contributed by atoms with Gasteiger partial charge in [0.1, 0.15) is 23.5 Å². The van der Waals surface area contributed by atoms with Crippen LogP contribution in [0.4, 0.5) is 10.5 Å². The molecule has 0 unspecified atom stereocenters. The van der Waals surface area contributed by atoms with Crippen LogP contribution in [0.5, 0.6) is 5.75 Å². The Bertz CT molecular complexity index is 778. The van der Waals surface area contributed by atoms with E-state index in [1.54, 1.807) is 31.8 Å². The first-order valence-electron chi connectivity index (χ1n) is 7.05. The number of amides is 2. The predicted molar refractivity (Wildman–Crippen MR) is 85.3 cm³/mol. The van der Waals surface area contributed by atoms with E-state index in [-0.39, 0.29) is 12.6 Å². The van der Waals surface area contributed by atoms with E-state index in [1.165, 1.54) is 0 Å². The third-order valence-electron chi connectivity index (χ3n) is 3.25. The molecule has 6 heteroatoms. The van der Waals surface area contributed by atoms with Crippen molar-refractivity contribution in [2.24, 2.45) is 0 Å². The third-order valence-corrected chi connectivity index (χ3v) is 3.25. The molecule has 0 spiro atoms. The van der Waals surface area contributed by atoms with Gasteiger partial charge in [0.05, 0.1) is 31.2 Å². The highest BCUT2D eigenvalue weighted by Crippen LogP contribution is 2.23. The molecular weight excluding hydrogens is 296 g/mol. The second-order valence-corrected chi connectivity index (χ2v) is 4.79. The fraction of sp³-hybridized carbons (Fsp3) is 0.118. The van der Waals surface area contributed by atoms with Crippen LogP contribution in [-0.2, 0) is 6.54 Å². The lowest BCUT2D eigenvalue weighted by molar-refractivity contribution is 0.250. The summed E-state index contributed by atoms with van der Waals surface area (Å²) in [7, 11) is 1.55. The molecule has 3 aromatic rings. The Kier molecular flexibility index (Phi) is 4.33. The summed E-state index contributed by atoms with van der Waals surface area (Å²) < 4.78 is 15.8. The minimum Gasteiger partial charge on any atom is -0.495 e. The monoisotopic (exact) mass is 312 g/mol. The summed E-state index contributed by atoms with van der Waals surface area (Å²) in [5.74, 6) is 1.94. The predicted octanol–water partition coefficient (Wildman–Crippen LogP) is 3.87. The molecule has 23 heavy (non-hydrogen) atoms. The van der Waals surface area contributed by atoms with Crippen molar-refractivity contribution in [3.8, 4) is 17.1 Å². The highest BCUT2D eigenvalue weighted by Gasteiger charge is 2.09. The van der Waals surface area contributed by atoms with Crippen LogP contribution < -0.4 is 15.4 Å². The van der Waals surface area contributed by atoms with E-state index in [9.17, 15) is 4.79 Å². The van der Waals surface area contributed by atoms with Crippen LogP contribution >= 0.6 is 0 Å². The number of furan rings is 2. The van der Waals surface area contributed by atoms with Crippen LogP contribution in [0.25, 0.3) is 11.3 Å². The van der Waals surface area contributed by atoms with E-state index in [2.05, 4.69) is 10.6 Å². The van der Waals surface area contributed by atoms with E-state index < -0.39 is 0 Å². The van der Waals surface area contributed by atoms with Crippen LogP contribution in [0.15, 0.2) is 63.8 Å². The van der Waals surface area contributed by atoms with Crippen LogP contribution in [0, 0.1) is 0 Å². The third kappa shape index (κ3) is 3.55. The highest BCUT2D eigenvalue weighted by atomic mass is 16.5. The van der Waals surface area contributed by atoms with Gasteiger partial charge < -0.3 is 24.2 Å². The first kappa shape index (κ1) is 14.8. The number of carbonyl (C=O) groups excluding carboxylic acids is 1. The largest absolute Gasteiger partial charge is 0.495 e. The summed E-state index contributed by atoms with van der Waals surface area (Å²) in [4.78, 5) is 12.0. The number of nitrogens with one attached hydrogen (secondary N) is 2. The van der Waals surface area contributed by atoms with Gasteiger partial charge in [-0.1, -0.05) is 12.1 Å². The van der Waals surface area contributed by atoms with E-state index in [4.69, 9.17) is 13.6 Å². The summed E-state index contributed by atoms with van der Waals surface area (Å²) in [5.41, 5.74) is 1.46. The zero-order valence-electron chi connectivity index (χ0n) is 12.5. The van der Waals surface area contributed by atoms with Gasteiger partial charge in [-0.2, -0.15) is 0 Å². The van der Waals surface area contributed by atoms with E-state index in [1.807, 2.05) is 30.3 Å². The number of hydrogen-bond acceptors (Lipinski definition) is 4. The summed E-state index contributed by atoms with van der Waals surface area (Å²) in [6.45, 7) is 0.277.